The van der Waals surface area contributed by atoms with E-state index in [4.69, 9.17) is 0 Å². The summed E-state index contributed by atoms with van der Waals surface area (Å²) in [6.07, 6.45) is 3.81. The van der Waals surface area contributed by atoms with Crippen molar-refractivity contribution in [3.63, 3.8) is 0 Å². The number of aryl methyl sites for hydroxylation is 1. The van der Waals surface area contributed by atoms with Gasteiger partial charge in [-0.05, 0) is 43.0 Å². The van der Waals surface area contributed by atoms with Crippen LogP contribution in [0.4, 0.5) is 8.78 Å². The van der Waals surface area contributed by atoms with E-state index in [0.717, 1.165) is 33.9 Å². The van der Waals surface area contributed by atoms with Crippen LogP contribution in [0.25, 0.3) is 10.6 Å². The van der Waals surface area contributed by atoms with Crippen LogP contribution in [0.5, 0.6) is 0 Å². The zero-order valence-electron chi connectivity index (χ0n) is 17.5. The van der Waals surface area contributed by atoms with Crippen LogP contribution in [0.3, 0.4) is 0 Å². The largest absolute Gasteiger partial charge is 0.328 e. The quantitative estimate of drug-likeness (QED) is 0.431. The van der Waals surface area contributed by atoms with Crippen LogP contribution < -0.4 is 0 Å². The minimum atomic E-state index is -0.737. The molecule has 1 aliphatic rings. The van der Waals surface area contributed by atoms with E-state index in [2.05, 4.69) is 28.3 Å². The van der Waals surface area contributed by atoms with Crippen molar-refractivity contribution in [2.45, 2.75) is 25.3 Å². The van der Waals surface area contributed by atoms with Crippen molar-refractivity contribution >= 4 is 28.6 Å². The van der Waals surface area contributed by atoms with E-state index in [1.54, 1.807) is 20.9 Å². The second kappa shape index (κ2) is 7.56. The van der Waals surface area contributed by atoms with Crippen molar-refractivity contribution in [2.24, 2.45) is 7.05 Å². The molecule has 5 rings (SSSR count). The Hall–Kier alpha value is -2.98. The maximum absolute atomic E-state index is 14.2. The molecule has 1 aliphatic heterocycles. The van der Waals surface area contributed by atoms with Crippen LogP contribution in [-0.4, -0.2) is 37.3 Å². The summed E-state index contributed by atoms with van der Waals surface area (Å²) in [4.78, 5) is 16.4. The van der Waals surface area contributed by atoms with Gasteiger partial charge in [-0.25, -0.2) is 8.78 Å². The average molecular weight is 472 g/mol. The predicted octanol–water partition coefficient (Wildman–Crippen LogP) is 4.80. The first-order valence-corrected chi connectivity index (χ1v) is 11.6. The lowest BCUT2D eigenvalue weighted by atomic mass is 9.74. The summed E-state index contributed by atoms with van der Waals surface area (Å²) in [5.74, 6) is -1.67. The molecule has 1 aromatic carbocycles. The summed E-state index contributed by atoms with van der Waals surface area (Å²) in [7, 11) is 1.87. The summed E-state index contributed by atoms with van der Waals surface area (Å²) in [6, 6.07) is 5.23. The number of hydrogen-bond donors (Lipinski definition) is 0. The Balaban J connectivity index is 1.51. The number of carbonyl (C=O) groups is 1. The topological polar surface area (TPSA) is 63.9 Å². The normalized spacial score (nSPS) is 20.4. The van der Waals surface area contributed by atoms with Gasteiger partial charge in [0.05, 0.1) is 12.2 Å². The lowest BCUT2D eigenvalue weighted by Crippen LogP contribution is -2.48. The molecule has 6 nitrogen and oxygen atoms in total. The lowest BCUT2D eigenvalue weighted by molar-refractivity contribution is 0.0631. The van der Waals surface area contributed by atoms with Gasteiger partial charge >= 0.3 is 0 Å². The molecular formula is C22H19F2N5OS2. The van der Waals surface area contributed by atoms with Crippen LogP contribution >= 0.6 is 22.7 Å². The van der Waals surface area contributed by atoms with Gasteiger partial charge in [0, 0.05) is 47.3 Å². The van der Waals surface area contributed by atoms with Gasteiger partial charge in [0.1, 0.15) is 11.6 Å². The predicted molar refractivity (Wildman–Crippen MR) is 119 cm³/mol. The summed E-state index contributed by atoms with van der Waals surface area (Å²) in [5, 5.41) is 14.8. The van der Waals surface area contributed by atoms with Gasteiger partial charge in [-0.15, -0.1) is 21.5 Å². The van der Waals surface area contributed by atoms with E-state index in [1.165, 1.54) is 11.6 Å². The standard InChI is InChI=1S/C22H19F2N5OS2/c1-12-18-16(6-7-31-18)22(2,13-9-25-28(3)10-13)11-29(12)21(30)20-27-26-19(32-20)15-5-4-14(23)8-17(15)24/h4-10,12H,11H2,1-3H3/t12-,22+/m1/s1. The van der Waals surface area contributed by atoms with Gasteiger partial charge in [0.2, 0.25) is 5.01 Å². The van der Waals surface area contributed by atoms with Crippen molar-refractivity contribution in [3.8, 4) is 10.6 Å². The number of nitrogens with zero attached hydrogens (tertiary/aromatic N) is 5. The Bertz CT molecular complexity index is 1330. The molecule has 0 spiro atoms. The molecule has 0 aliphatic carbocycles. The van der Waals surface area contributed by atoms with Crippen LogP contribution in [0.15, 0.2) is 42.0 Å². The van der Waals surface area contributed by atoms with Gasteiger partial charge in [-0.3, -0.25) is 9.48 Å². The molecule has 0 saturated heterocycles. The monoisotopic (exact) mass is 471 g/mol. The highest BCUT2D eigenvalue weighted by Crippen LogP contribution is 2.46. The Kier molecular flexibility index (Phi) is 4.94. The molecule has 0 saturated carbocycles. The van der Waals surface area contributed by atoms with Gasteiger partial charge < -0.3 is 4.90 Å². The molecule has 4 aromatic rings. The maximum atomic E-state index is 14.2. The molecule has 10 heteroatoms. The van der Waals surface area contributed by atoms with E-state index in [1.807, 2.05) is 31.7 Å². The maximum Gasteiger partial charge on any atom is 0.285 e. The summed E-state index contributed by atoms with van der Waals surface area (Å²) < 4.78 is 29.2. The summed E-state index contributed by atoms with van der Waals surface area (Å²) in [6.45, 7) is 4.56. The van der Waals surface area contributed by atoms with Crippen LogP contribution in [0, 0.1) is 11.6 Å². The Morgan fingerprint density at radius 3 is 2.78 bits per heavy atom. The minimum Gasteiger partial charge on any atom is -0.328 e. The number of halogens is 2. The zero-order valence-corrected chi connectivity index (χ0v) is 19.2. The number of aromatic nitrogens is 4. The zero-order chi connectivity index (χ0) is 22.6. The van der Waals surface area contributed by atoms with E-state index < -0.39 is 17.0 Å². The van der Waals surface area contributed by atoms with E-state index >= 15 is 0 Å². The van der Waals surface area contributed by atoms with E-state index in [-0.39, 0.29) is 27.5 Å². The first kappa shape index (κ1) is 20.9. The fourth-order valence-corrected chi connectivity index (χ4v) is 6.13. The van der Waals surface area contributed by atoms with E-state index in [9.17, 15) is 13.6 Å². The third-order valence-corrected chi connectivity index (χ3v) is 8.03. The SMILES string of the molecule is C[C@@H]1c2sccc2[C@](C)(c2cnn(C)c2)CN1C(=O)c1nnc(-c2ccc(F)cc2F)s1. The van der Waals surface area contributed by atoms with Gasteiger partial charge in [0.25, 0.3) is 5.91 Å². The third-order valence-electron chi connectivity index (χ3n) is 6.00. The van der Waals surface area contributed by atoms with Crippen molar-refractivity contribution in [3.05, 3.63) is 74.7 Å². The van der Waals surface area contributed by atoms with Crippen LogP contribution in [-0.2, 0) is 12.5 Å². The first-order chi connectivity index (χ1) is 15.3. The molecule has 0 unspecified atom stereocenters. The second-order valence-electron chi connectivity index (χ2n) is 8.08. The lowest BCUT2D eigenvalue weighted by Gasteiger charge is -2.43. The summed E-state index contributed by atoms with van der Waals surface area (Å²) in [5.41, 5.74) is 1.91. The van der Waals surface area contributed by atoms with Gasteiger partial charge in [-0.1, -0.05) is 11.3 Å². The smallest absolute Gasteiger partial charge is 0.285 e. The fraction of sp³-hybridized carbons (Fsp3) is 0.273. The molecule has 0 N–H and O–H groups in total. The molecule has 3 aromatic heterocycles. The molecule has 4 heterocycles. The number of benzene rings is 1. The summed E-state index contributed by atoms with van der Waals surface area (Å²) >= 11 is 2.62. The first-order valence-electron chi connectivity index (χ1n) is 9.95. The molecule has 0 radical (unpaired) electrons. The number of thiophene rings is 1. The van der Waals surface area contributed by atoms with Gasteiger partial charge in [0.15, 0.2) is 5.01 Å². The molecule has 32 heavy (non-hydrogen) atoms. The number of amides is 1. The number of carbonyl (C=O) groups excluding carboxylic acids is 1. The fourth-order valence-electron chi connectivity index (χ4n) is 4.21. The van der Waals surface area contributed by atoms with Crippen LogP contribution in [0.1, 0.15) is 45.7 Å². The average Bonchev–Trinajstić information content (AvgIpc) is 3.51. The third kappa shape index (κ3) is 3.25. The van der Waals surface area contributed by atoms with Crippen molar-refractivity contribution in [1.29, 1.82) is 0 Å². The number of hydrogen-bond acceptors (Lipinski definition) is 6. The van der Waals surface area contributed by atoms with E-state index in [0.29, 0.717) is 6.54 Å². The molecule has 1 amide bonds. The molecule has 0 fully saturated rings. The molecule has 0 bridgehead atoms. The Morgan fingerprint density at radius 2 is 2.06 bits per heavy atom. The molecule has 2 atom stereocenters. The Labute approximate surface area is 191 Å². The van der Waals surface area contributed by atoms with Crippen molar-refractivity contribution in [2.75, 3.05) is 6.54 Å². The highest BCUT2D eigenvalue weighted by atomic mass is 32.1. The molecule has 164 valence electrons. The number of rotatable bonds is 3. The second-order valence-corrected chi connectivity index (χ2v) is 10.0. The van der Waals surface area contributed by atoms with Crippen molar-refractivity contribution < 1.29 is 13.6 Å². The highest BCUT2D eigenvalue weighted by molar-refractivity contribution is 7.16. The van der Waals surface area contributed by atoms with Crippen LogP contribution in [0.2, 0.25) is 0 Å². The van der Waals surface area contributed by atoms with Gasteiger partial charge in [-0.2, -0.15) is 5.10 Å². The highest BCUT2D eigenvalue weighted by Gasteiger charge is 2.44. The Morgan fingerprint density at radius 1 is 1.25 bits per heavy atom. The minimum absolute atomic E-state index is 0.121. The van der Waals surface area contributed by atoms with Crippen molar-refractivity contribution in [1.82, 2.24) is 24.9 Å². The molecular weight excluding hydrogens is 452 g/mol. The number of fused-ring (bicyclic) bond motifs is 1.